The van der Waals surface area contributed by atoms with Crippen LogP contribution in [0.1, 0.15) is 11.3 Å². The first kappa shape index (κ1) is 18.4. The summed E-state index contributed by atoms with van der Waals surface area (Å²) in [4.78, 5) is 16.7. The van der Waals surface area contributed by atoms with Crippen LogP contribution in [0.4, 0.5) is 4.39 Å². The molecule has 2 heterocycles. The summed E-state index contributed by atoms with van der Waals surface area (Å²) in [6, 6.07) is 12.6. The summed E-state index contributed by atoms with van der Waals surface area (Å²) in [5.41, 5.74) is 2.27. The van der Waals surface area contributed by atoms with Crippen LogP contribution in [0.3, 0.4) is 0 Å². The number of fused-ring (bicyclic) bond motifs is 1. The van der Waals surface area contributed by atoms with E-state index < -0.39 is 0 Å². The second kappa shape index (κ2) is 7.98. The Morgan fingerprint density at radius 2 is 1.96 bits per heavy atom. The molecule has 2 aromatic carbocycles. The van der Waals surface area contributed by atoms with Crippen molar-refractivity contribution in [2.75, 3.05) is 33.3 Å². The van der Waals surface area contributed by atoms with Gasteiger partial charge in [-0.3, -0.25) is 9.69 Å². The minimum atomic E-state index is -0.353. The van der Waals surface area contributed by atoms with Crippen LogP contribution in [0.15, 0.2) is 47.0 Å². The van der Waals surface area contributed by atoms with Crippen molar-refractivity contribution in [1.82, 2.24) is 15.0 Å². The van der Waals surface area contributed by atoms with Crippen molar-refractivity contribution in [3.63, 3.8) is 0 Å². The van der Waals surface area contributed by atoms with Crippen LogP contribution in [-0.2, 0) is 17.8 Å². The lowest BCUT2D eigenvalue weighted by Crippen LogP contribution is -2.48. The summed E-state index contributed by atoms with van der Waals surface area (Å²) >= 11 is 0. The zero-order chi connectivity index (χ0) is 19.5. The van der Waals surface area contributed by atoms with E-state index in [2.05, 4.69) is 10.1 Å². The summed E-state index contributed by atoms with van der Waals surface area (Å²) in [6.07, 6.45) is 0.237. The Labute approximate surface area is 162 Å². The van der Waals surface area contributed by atoms with Crippen molar-refractivity contribution in [2.45, 2.75) is 13.0 Å². The maximum atomic E-state index is 13.9. The van der Waals surface area contributed by atoms with Gasteiger partial charge in [-0.05, 0) is 29.8 Å². The third-order valence-electron chi connectivity index (χ3n) is 5.12. The molecule has 4 rings (SSSR count). The number of halogens is 1. The standard InChI is InChI=1S/C21H22FN3O3/c1-27-20-7-6-15(12-17(20)22)14-24-8-10-25(11-9-24)21(26)13-18-16-4-2-3-5-19(16)28-23-18/h2-7,12H,8-11,13-14H2,1H3. The van der Waals surface area contributed by atoms with Crippen molar-refractivity contribution in [2.24, 2.45) is 0 Å². The molecule has 0 radical (unpaired) electrons. The first-order valence-corrected chi connectivity index (χ1v) is 9.30. The molecule has 0 N–H and O–H groups in total. The van der Waals surface area contributed by atoms with Gasteiger partial charge in [-0.25, -0.2) is 4.39 Å². The highest BCUT2D eigenvalue weighted by atomic mass is 19.1. The molecule has 0 atom stereocenters. The van der Waals surface area contributed by atoms with Gasteiger partial charge in [0.15, 0.2) is 17.1 Å². The van der Waals surface area contributed by atoms with Gasteiger partial charge in [-0.15, -0.1) is 0 Å². The number of ether oxygens (including phenoxy) is 1. The summed E-state index contributed by atoms with van der Waals surface area (Å²) in [7, 11) is 1.45. The van der Waals surface area contributed by atoms with E-state index in [1.165, 1.54) is 13.2 Å². The number of hydrogen-bond donors (Lipinski definition) is 0. The smallest absolute Gasteiger partial charge is 0.228 e. The first-order valence-electron chi connectivity index (χ1n) is 9.30. The summed E-state index contributed by atoms with van der Waals surface area (Å²) in [5.74, 6) is -0.0533. The summed E-state index contributed by atoms with van der Waals surface area (Å²) in [5, 5.41) is 4.93. The number of aromatic nitrogens is 1. The molecule has 1 saturated heterocycles. The highest BCUT2D eigenvalue weighted by molar-refractivity contribution is 5.86. The van der Waals surface area contributed by atoms with Gasteiger partial charge in [-0.1, -0.05) is 23.4 Å². The lowest BCUT2D eigenvalue weighted by molar-refractivity contribution is -0.132. The maximum Gasteiger partial charge on any atom is 0.228 e. The molecule has 1 aliphatic heterocycles. The number of benzene rings is 2. The van der Waals surface area contributed by atoms with Crippen LogP contribution in [0.25, 0.3) is 11.0 Å². The Bertz CT molecular complexity index is 980. The lowest BCUT2D eigenvalue weighted by atomic mass is 10.1. The highest BCUT2D eigenvalue weighted by Gasteiger charge is 2.23. The monoisotopic (exact) mass is 383 g/mol. The fourth-order valence-electron chi connectivity index (χ4n) is 3.54. The molecule has 6 nitrogen and oxygen atoms in total. The Morgan fingerprint density at radius 3 is 2.71 bits per heavy atom. The lowest BCUT2D eigenvalue weighted by Gasteiger charge is -2.34. The molecule has 0 unspecified atom stereocenters. The van der Waals surface area contributed by atoms with Crippen LogP contribution < -0.4 is 4.74 Å². The number of carbonyl (C=O) groups excluding carboxylic acids is 1. The molecule has 0 spiro atoms. The van der Waals surface area contributed by atoms with Crippen LogP contribution >= 0.6 is 0 Å². The van der Waals surface area contributed by atoms with E-state index in [0.29, 0.717) is 30.9 Å². The quantitative estimate of drug-likeness (QED) is 0.678. The molecule has 146 valence electrons. The molecule has 3 aromatic rings. The summed E-state index contributed by atoms with van der Waals surface area (Å²) in [6.45, 7) is 3.44. The second-order valence-electron chi connectivity index (χ2n) is 6.93. The summed E-state index contributed by atoms with van der Waals surface area (Å²) < 4.78 is 24.1. The Hall–Kier alpha value is -2.93. The minimum Gasteiger partial charge on any atom is -0.494 e. The molecule has 1 aromatic heterocycles. The highest BCUT2D eigenvalue weighted by Crippen LogP contribution is 2.20. The third kappa shape index (κ3) is 3.84. The average Bonchev–Trinajstić information content (AvgIpc) is 3.12. The van der Waals surface area contributed by atoms with Gasteiger partial charge in [0.2, 0.25) is 5.91 Å². The Morgan fingerprint density at radius 1 is 1.18 bits per heavy atom. The molecular formula is C21H22FN3O3. The van der Waals surface area contributed by atoms with Crippen LogP contribution in [0.2, 0.25) is 0 Å². The van der Waals surface area contributed by atoms with Gasteiger partial charge < -0.3 is 14.2 Å². The molecule has 0 saturated carbocycles. The fourth-order valence-corrected chi connectivity index (χ4v) is 3.54. The zero-order valence-electron chi connectivity index (χ0n) is 15.7. The SMILES string of the molecule is COc1ccc(CN2CCN(C(=O)Cc3noc4ccccc34)CC2)cc1F. The molecule has 1 amide bonds. The third-order valence-corrected chi connectivity index (χ3v) is 5.12. The molecule has 1 aliphatic rings. The fraction of sp³-hybridized carbons (Fsp3) is 0.333. The van der Waals surface area contributed by atoms with Gasteiger partial charge >= 0.3 is 0 Å². The van der Waals surface area contributed by atoms with Crippen LogP contribution in [0, 0.1) is 5.82 Å². The van der Waals surface area contributed by atoms with E-state index in [9.17, 15) is 9.18 Å². The molecule has 7 heteroatoms. The predicted molar refractivity (Wildman–Crippen MR) is 103 cm³/mol. The van der Waals surface area contributed by atoms with E-state index in [4.69, 9.17) is 9.26 Å². The average molecular weight is 383 g/mol. The molecular weight excluding hydrogens is 361 g/mol. The molecule has 1 fully saturated rings. The van der Waals surface area contributed by atoms with E-state index in [1.807, 2.05) is 35.2 Å². The van der Waals surface area contributed by atoms with Gasteiger partial charge in [0.1, 0.15) is 5.69 Å². The number of carbonyl (C=O) groups is 1. The van der Waals surface area contributed by atoms with Crippen molar-refractivity contribution < 1.29 is 18.4 Å². The number of nitrogens with zero attached hydrogens (tertiary/aromatic N) is 3. The second-order valence-corrected chi connectivity index (χ2v) is 6.93. The zero-order valence-corrected chi connectivity index (χ0v) is 15.7. The first-order chi connectivity index (χ1) is 13.6. The normalized spacial score (nSPS) is 15.1. The number of rotatable bonds is 5. The van der Waals surface area contributed by atoms with E-state index in [-0.39, 0.29) is 23.9 Å². The maximum absolute atomic E-state index is 13.9. The number of piperazine rings is 1. The van der Waals surface area contributed by atoms with Crippen molar-refractivity contribution in [3.8, 4) is 5.75 Å². The molecule has 28 heavy (non-hydrogen) atoms. The van der Waals surface area contributed by atoms with Gasteiger partial charge in [0, 0.05) is 38.1 Å². The van der Waals surface area contributed by atoms with Crippen LogP contribution in [0.5, 0.6) is 5.75 Å². The van der Waals surface area contributed by atoms with Crippen molar-refractivity contribution >= 4 is 16.9 Å². The Balaban J connectivity index is 1.32. The topological polar surface area (TPSA) is 58.8 Å². The predicted octanol–water partition coefficient (Wildman–Crippen LogP) is 2.86. The van der Waals surface area contributed by atoms with Gasteiger partial charge in [0.25, 0.3) is 0 Å². The van der Waals surface area contributed by atoms with E-state index in [1.54, 1.807) is 6.07 Å². The minimum absolute atomic E-state index is 0.0502. The number of para-hydroxylation sites is 1. The number of methoxy groups -OCH3 is 1. The molecule has 0 aliphatic carbocycles. The van der Waals surface area contributed by atoms with Crippen LogP contribution in [-0.4, -0.2) is 54.2 Å². The van der Waals surface area contributed by atoms with Crippen molar-refractivity contribution in [1.29, 1.82) is 0 Å². The molecule has 0 bridgehead atoms. The number of hydrogen-bond acceptors (Lipinski definition) is 5. The van der Waals surface area contributed by atoms with Gasteiger partial charge in [-0.2, -0.15) is 0 Å². The van der Waals surface area contributed by atoms with E-state index >= 15 is 0 Å². The Kier molecular flexibility index (Phi) is 5.25. The number of amides is 1. The van der Waals surface area contributed by atoms with E-state index in [0.717, 1.165) is 24.0 Å². The largest absolute Gasteiger partial charge is 0.494 e. The van der Waals surface area contributed by atoms with Gasteiger partial charge in [0.05, 0.1) is 13.5 Å². The van der Waals surface area contributed by atoms with Crippen molar-refractivity contribution in [3.05, 3.63) is 59.5 Å².